The van der Waals surface area contributed by atoms with Crippen LogP contribution in [0.1, 0.15) is 32.0 Å². The quantitative estimate of drug-likeness (QED) is 0.644. The molecule has 1 aromatic heterocycles. The third-order valence-corrected chi connectivity index (χ3v) is 5.59. The van der Waals surface area contributed by atoms with Crippen LogP contribution in [0.4, 0.5) is 5.82 Å². The Bertz CT molecular complexity index is 879. The van der Waals surface area contributed by atoms with E-state index in [1.54, 1.807) is 18.9 Å². The molecule has 1 saturated heterocycles. The van der Waals surface area contributed by atoms with Gasteiger partial charge in [-0.1, -0.05) is 12.1 Å². The molecule has 1 aliphatic heterocycles. The summed E-state index contributed by atoms with van der Waals surface area (Å²) in [5, 5.41) is 7.54. The summed E-state index contributed by atoms with van der Waals surface area (Å²) in [4.78, 5) is 37.3. The molecule has 1 fully saturated rings. The van der Waals surface area contributed by atoms with Crippen LogP contribution in [0.15, 0.2) is 24.3 Å². The summed E-state index contributed by atoms with van der Waals surface area (Å²) in [5.74, 6) is 1.56. The Kier molecular flexibility index (Phi) is 7.57. The first-order valence-electron chi connectivity index (χ1n) is 10.6. The van der Waals surface area contributed by atoms with Crippen molar-refractivity contribution >= 4 is 28.5 Å². The lowest BCUT2D eigenvalue weighted by atomic mass is 9.95. The highest BCUT2D eigenvalue weighted by atomic mass is 16.2. The molecule has 3 rings (SSSR count). The zero-order chi connectivity index (χ0) is 21.5. The molecule has 0 bridgehead atoms. The highest BCUT2D eigenvalue weighted by Crippen LogP contribution is 2.22. The van der Waals surface area contributed by atoms with Gasteiger partial charge in [0.05, 0.1) is 12.1 Å². The molecule has 2 aromatic rings. The smallest absolute Gasteiger partial charge is 0.225 e. The molecule has 0 radical (unpaired) electrons. The Morgan fingerprint density at radius 3 is 2.60 bits per heavy atom. The first-order chi connectivity index (χ1) is 14.5. The normalized spacial score (nSPS) is 14.7. The van der Waals surface area contributed by atoms with Crippen molar-refractivity contribution in [3.05, 3.63) is 30.1 Å². The molecule has 2 heterocycles. The van der Waals surface area contributed by atoms with Gasteiger partial charge < -0.3 is 20.4 Å². The molecule has 1 aliphatic rings. The van der Waals surface area contributed by atoms with Crippen LogP contribution in [0.3, 0.4) is 0 Å². The first kappa shape index (κ1) is 22.0. The van der Waals surface area contributed by atoms with E-state index in [0.717, 1.165) is 36.2 Å². The van der Waals surface area contributed by atoms with Crippen LogP contribution >= 0.6 is 0 Å². The molecule has 8 heteroatoms. The maximum absolute atomic E-state index is 12.9. The molecule has 8 nitrogen and oxygen atoms in total. The Hall–Kier alpha value is -2.74. The number of nitrogens with zero attached hydrogens (tertiary/aromatic N) is 4. The van der Waals surface area contributed by atoms with Gasteiger partial charge in [0.2, 0.25) is 11.8 Å². The van der Waals surface area contributed by atoms with E-state index in [0.29, 0.717) is 38.3 Å². The van der Waals surface area contributed by atoms with Crippen molar-refractivity contribution in [2.24, 2.45) is 5.92 Å². The molecule has 0 aliphatic carbocycles. The standard InChI is InChI=1S/C22H32N6O2/c1-16(29)28-13-9-17(10-14-28)22(30)27(3)15-20-25-19-8-5-4-7-18(19)21(26-20)24-12-6-11-23-2/h4-5,7-8,17,23H,6,9-15H2,1-3H3,(H,24,25,26). The molecular weight excluding hydrogens is 380 g/mol. The minimum Gasteiger partial charge on any atom is -0.369 e. The Morgan fingerprint density at radius 2 is 1.90 bits per heavy atom. The van der Waals surface area contributed by atoms with Gasteiger partial charge in [-0.3, -0.25) is 9.59 Å². The fourth-order valence-electron chi connectivity index (χ4n) is 3.85. The molecule has 2 amide bonds. The average Bonchev–Trinajstić information content (AvgIpc) is 2.76. The van der Waals surface area contributed by atoms with Gasteiger partial charge in [0, 0.05) is 44.9 Å². The fourth-order valence-corrected chi connectivity index (χ4v) is 3.85. The van der Waals surface area contributed by atoms with Crippen LogP contribution in [-0.2, 0) is 16.1 Å². The van der Waals surface area contributed by atoms with Crippen LogP contribution in [-0.4, -0.2) is 71.9 Å². The van der Waals surface area contributed by atoms with Crippen LogP contribution in [0.25, 0.3) is 10.9 Å². The van der Waals surface area contributed by atoms with Crippen LogP contribution in [0.2, 0.25) is 0 Å². The van der Waals surface area contributed by atoms with Gasteiger partial charge in [-0.15, -0.1) is 0 Å². The molecule has 1 aromatic carbocycles. The van der Waals surface area contributed by atoms with Gasteiger partial charge >= 0.3 is 0 Å². The minimum atomic E-state index is -0.0507. The maximum Gasteiger partial charge on any atom is 0.225 e. The SMILES string of the molecule is CNCCCNc1nc(CN(C)C(=O)C2CCN(C(C)=O)CC2)nc2ccccc12. The number of carbonyl (C=O) groups is 2. The highest BCUT2D eigenvalue weighted by molar-refractivity contribution is 5.89. The molecule has 0 spiro atoms. The second-order valence-corrected chi connectivity index (χ2v) is 7.86. The van der Waals surface area contributed by atoms with Gasteiger partial charge in [0.25, 0.3) is 0 Å². The van der Waals surface area contributed by atoms with Gasteiger partial charge in [0.15, 0.2) is 5.82 Å². The fraction of sp³-hybridized carbons (Fsp3) is 0.545. The van der Waals surface area contributed by atoms with E-state index in [2.05, 4.69) is 15.6 Å². The lowest BCUT2D eigenvalue weighted by Crippen LogP contribution is -2.42. The third-order valence-electron chi connectivity index (χ3n) is 5.59. The van der Waals surface area contributed by atoms with E-state index in [4.69, 9.17) is 4.98 Å². The van der Waals surface area contributed by atoms with Crippen molar-refractivity contribution in [2.75, 3.05) is 45.6 Å². The number of anilines is 1. The van der Waals surface area contributed by atoms with E-state index in [1.165, 1.54) is 0 Å². The first-order valence-corrected chi connectivity index (χ1v) is 10.6. The molecule has 0 atom stereocenters. The molecule has 162 valence electrons. The van der Waals surface area contributed by atoms with E-state index >= 15 is 0 Å². The minimum absolute atomic E-state index is 0.0507. The number of carbonyl (C=O) groups excluding carboxylic acids is 2. The second kappa shape index (κ2) is 10.3. The Morgan fingerprint density at radius 1 is 1.17 bits per heavy atom. The van der Waals surface area contributed by atoms with Crippen LogP contribution in [0.5, 0.6) is 0 Å². The number of amides is 2. The van der Waals surface area contributed by atoms with E-state index in [-0.39, 0.29) is 17.7 Å². The molecule has 2 N–H and O–H groups in total. The largest absolute Gasteiger partial charge is 0.369 e. The van der Waals surface area contributed by atoms with Crippen LogP contribution < -0.4 is 10.6 Å². The number of aromatic nitrogens is 2. The zero-order valence-corrected chi connectivity index (χ0v) is 18.1. The van der Waals surface area contributed by atoms with Gasteiger partial charge in [-0.25, -0.2) is 9.97 Å². The average molecular weight is 413 g/mol. The molecule has 30 heavy (non-hydrogen) atoms. The van der Waals surface area contributed by atoms with Crippen molar-refractivity contribution in [3.8, 4) is 0 Å². The van der Waals surface area contributed by atoms with Crippen molar-refractivity contribution < 1.29 is 9.59 Å². The summed E-state index contributed by atoms with van der Waals surface area (Å²) in [6, 6.07) is 7.92. The second-order valence-electron chi connectivity index (χ2n) is 7.86. The Labute approximate surface area is 178 Å². The number of hydrogen-bond acceptors (Lipinski definition) is 6. The number of fused-ring (bicyclic) bond motifs is 1. The number of benzene rings is 1. The highest BCUT2D eigenvalue weighted by Gasteiger charge is 2.28. The van der Waals surface area contributed by atoms with Crippen molar-refractivity contribution in [1.82, 2.24) is 25.1 Å². The topological polar surface area (TPSA) is 90.5 Å². The van der Waals surface area contributed by atoms with Crippen LogP contribution in [0, 0.1) is 5.92 Å². The lowest BCUT2D eigenvalue weighted by molar-refractivity contribution is -0.139. The number of piperidine rings is 1. The summed E-state index contributed by atoms with van der Waals surface area (Å²) in [7, 11) is 3.74. The summed E-state index contributed by atoms with van der Waals surface area (Å²) in [5.41, 5.74) is 0.870. The maximum atomic E-state index is 12.9. The summed E-state index contributed by atoms with van der Waals surface area (Å²) < 4.78 is 0. The summed E-state index contributed by atoms with van der Waals surface area (Å²) in [6.45, 7) is 4.98. The number of rotatable bonds is 8. The summed E-state index contributed by atoms with van der Waals surface area (Å²) in [6.07, 6.45) is 2.40. The van der Waals surface area contributed by atoms with E-state index < -0.39 is 0 Å². The zero-order valence-electron chi connectivity index (χ0n) is 18.1. The van der Waals surface area contributed by atoms with Crippen molar-refractivity contribution in [1.29, 1.82) is 0 Å². The Balaban J connectivity index is 1.68. The van der Waals surface area contributed by atoms with E-state index in [1.807, 2.05) is 36.2 Å². The van der Waals surface area contributed by atoms with Gasteiger partial charge in [-0.05, 0) is 45.0 Å². The van der Waals surface area contributed by atoms with E-state index in [9.17, 15) is 9.59 Å². The monoisotopic (exact) mass is 412 g/mol. The molecule has 0 saturated carbocycles. The predicted octanol–water partition coefficient (Wildman–Crippen LogP) is 1.87. The third kappa shape index (κ3) is 5.44. The number of para-hydroxylation sites is 1. The van der Waals surface area contributed by atoms with Crippen molar-refractivity contribution in [2.45, 2.75) is 32.7 Å². The summed E-state index contributed by atoms with van der Waals surface area (Å²) >= 11 is 0. The lowest BCUT2D eigenvalue weighted by Gasteiger charge is -2.32. The molecule has 0 unspecified atom stereocenters. The number of nitrogens with one attached hydrogen (secondary N) is 2. The van der Waals surface area contributed by atoms with Gasteiger partial charge in [0.1, 0.15) is 5.82 Å². The van der Waals surface area contributed by atoms with Crippen molar-refractivity contribution in [3.63, 3.8) is 0 Å². The van der Waals surface area contributed by atoms with Gasteiger partial charge in [-0.2, -0.15) is 0 Å². The number of likely N-dealkylation sites (tertiary alicyclic amines) is 1. The predicted molar refractivity (Wildman–Crippen MR) is 118 cm³/mol. The number of hydrogen-bond donors (Lipinski definition) is 2. The molecular formula is C22H32N6O2.